The van der Waals surface area contributed by atoms with Crippen molar-refractivity contribution in [2.75, 3.05) is 7.11 Å². The second-order valence-electron chi connectivity index (χ2n) is 16.9. The van der Waals surface area contributed by atoms with Gasteiger partial charge in [-0.3, -0.25) is 9.59 Å². The zero-order valence-electron chi connectivity index (χ0n) is 31.0. The molecule has 0 bridgehead atoms. The molecule has 0 spiro atoms. The highest BCUT2D eigenvalue weighted by Gasteiger charge is 2.54. The van der Waals surface area contributed by atoms with E-state index in [9.17, 15) is 9.59 Å². The molecule has 0 N–H and O–H groups in total. The van der Waals surface area contributed by atoms with Crippen molar-refractivity contribution in [2.24, 2.45) is 17.8 Å². The van der Waals surface area contributed by atoms with Crippen molar-refractivity contribution in [1.29, 1.82) is 0 Å². The van der Waals surface area contributed by atoms with Crippen molar-refractivity contribution in [2.45, 2.75) is 154 Å². The molecular formula is C38H64O5SSi2. The molecule has 0 aromatic carbocycles. The fourth-order valence-corrected chi connectivity index (χ4v) is 10.4. The molecule has 2 fully saturated rings. The summed E-state index contributed by atoms with van der Waals surface area (Å²) < 4.78 is 19.1. The number of thiophene rings is 1. The molecule has 1 aromatic rings. The third-order valence-electron chi connectivity index (χ3n) is 11.9. The number of Topliss-reactive ketones (excluding diaryl/α,β-unsaturated/α-hetero) is 1. The van der Waals surface area contributed by atoms with Gasteiger partial charge in [0, 0.05) is 35.0 Å². The van der Waals surface area contributed by atoms with Crippen molar-refractivity contribution in [3.63, 3.8) is 0 Å². The Hall–Kier alpha value is -1.33. The number of unbranched alkanes of at least 4 members (excludes halogenated alkanes) is 1. The Kier molecular flexibility index (Phi) is 13.2. The third-order valence-corrected chi connectivity index (χ3v) is 21.9. The summed E-state index contributed by atoms with van der Waals surface area (Å²) in [5, 5.41) is 2.40. The summed E-state index contributed by atoms with van der Waals surface area (Å²) in [5.41, 5.74) is 0.0307. The average molecular weight is 689 g/mol. The lowest BCUT2D eigenvalue weighted by Crippen LogP contribution is -2.57. The van der Waals surface area contributed by atoms with Crippen LogP contribution < -0.4 is 0 Å². The SMILES string of the molecule is COC(=O)CCC/C=C\C[C@H]1C(=O)C[C@@H](O[Si](C)(C)C(C)(C)C)[C@@H]1/C=C/CC(O[Si](C)(C)C(C)(C)C)C1(c2cccs2)CCC1C. The van der Waals surface area contributed by atoms with Crippen LogP contribution >= 0.6 is 11.3 Å². The van der Waals surface area contributed by atoms with E-state index >= 15 is 0 Å². The van der Waals surface area contributed by atoms with Gasteiger partial charge in [-0.05, 0) is 92.2 Å². The number of esters is 1. The zero-order valence-corrected chi connectivity index (χ0v) is 33.9. The van der Waals surface area contributed by atoms with E-state index in [0.29, 0.717) is 31.0 Å². The summed E-state index contributed by atoms with van der Waals surface area (Å²) in [4.78, 5) is 26.5. The predicted molar refractivity (Wildman–Crippen MR) is 199 cm³/mol. The Morgan fingerprint density at radius 1 is 1.07 bits per heavy atom. The number of hydrogen-bond acceptors (Lipinski definition) is 6. The minimum absolute atomic E-state index is 0.0307. The van der Waals surface area contributed by atoms with Gasteiger partial charge < -0.3 is 13.6 Å². The van der Waals surface area contributed by atoms with Crippen LogP contribution in [0.25, 0.3) is 0 Å². The molecule has 2 saturated carbocycles. The van der Waals surface area contributed by atoms with Crippen molar-refractivity contribution < 1.29 is 23.2 Å². The van der Waals surface area contributed by atoms with Gasteiger partial charge in [0.1, 0.15) is 5.78 Å². The quantitative estimate of drug-likeness (QED) is 0.0794. The molecule has 1 aromatic heterocycles. The van der Waals surface area contributed by atoms with Crippen molar-refractivity contribution >= 4 is 39.7 Å². The van der Waals surface area contributed by atoms with Crippen LogP contribution in [-0.2, 0) is 28.6 Å². The molecule has 6 atom stereocenters. The van der Waals surface area contributed by atoms with Crippen LogP contribution in [0.2, 0.25) is 36.3 Å². The Morgan fingerprint density at radius 3 is 2.26 bits per heavy atom. The van der Waals surface area contributed by atoms with Gasteiger partial charge in [0.2, 0.25) is 0 Å². The number of rotatable bonds is 15. The molecule has 1 heterocycles. The summed E-state index contributed by atoms with van der Waals surface area (Å²) in [6.07, 6.45) is 15.3. The second-order valence-corrected chi connectivity index (χ2v) is 27.4. The summed E-state index contributed by atoms with van der Waals surface area (Å²) in [6, 6.07) is 4.50. The lowest BCUT2D eigenvalue weighted by atomic mass is 9.56. The van der Waals surface area contributed by atoms with Crippen LogP contribution in [0.4, 0.5) is 0 Å². The topological polar surface area (TPSA) is 61.8 Å². The molecular weight excluding hydrogens is 625 g/mol. The number of hydrogen-bond donors (Lipinski definition) is 0. The Labute approximate surface area is 287 Å². The lowest BCUT2D eigenvalue weighted by molar-refractivity contribution is -0.140. The number of carbonyl (C=O) groups excluding carboxylic acids is 2. The first-order valence-corrected chi connectivity index (χ1v) is 24.3. The van der Waals surface area contributed by atoms with E-state index in [1.165, 1.54) is 18.4 Å². The molecule has 46 heavy (non-hydrogen) atoms. The number of ketones is 1. The van der Waals surface area contributed by atoms with E-state index < -0.39 is 16.6 Å². The van der Waals surface area contributed by atoms with Gasteiger partial charge >= 0.3 is 5.97 Å². The highest BCUT2D eigenvalue weighted by Crippen LogP contribution is 2.56. The predicted octanol–water partition coefficient (Wildman–Crippen LogP) is 10.6. The van der Waals surface area contributed by atoms with E-state index in [1.807, 2.05) is 11.3 Å². The van der Waals surface area contributed by atoms with Crippen molar-refractivity contribution in [1.82, 2.24) is 0 Å². The Bertz CT molecular complexity index is 1210. The zero-order chi connectivity index (χ0) is 34.6. The minimum Gasteiger partial charge on any atom is -0.469 e. The van der Waals surface area contributed by atoms with E-state index in [4.69, 9.17) is 13.6 Å². The molecule has 0 radical (unpaired) electrons. The Morgan fingerprint density at radius 2 is 1.74 bits per heavy atom. The first kappa shape index (κ1) is 39.1. The van der Waals surface area contributed by atoms with Crippen LogP contribution in [-0.4, -0.2) is 47.7 Å². The number of carbonyl (C=O) groups is 2. The van der Waals surface area contributed by atoms with Gasteiger partial charge in [-0.15, -0.1) is 11.3 Å². The van der Waals surface area contributed by atoms with Crippen molar-refractivity contribution in [3.05, 3.63) is 46.7 Å². The summed E-state index contributed by atoms with van der Waals surface area (Å²) >= 11 is 1.88. The maximum atomic E-state index is 13.6. The highest BCUT2D eigenvalue weighted by molar-refractivity contribution is 7.10. The maximum absolute atomic E-state index is 13.6. The largest absolute Gasteiger partial charge is 0.469 e. The van der Waals surface area contributed by atoms with Gasteiger partial charge in [-0.1, -0.05) is 78.8 Å². The maximum Gasteiger partial charge on any atom is 0.305 e. The molecule has 0 saturated heterocycles. The molecule has 8 heteroatoms. The monoisotopic (exact) mass is 688 g/mol. The van der Waals surface area contributed by atoms with Crippen LogP contribution in [0.1, 0.15) is 105 Å². The van der Waals surface area contributed by atoms with Crippen LogP contribution in [0.15, 0.2) is 41.8 Å². The number of ether oxygens (including phenoxy) is 1. The smallest absolute Gasteiger partial charge is 0.305 e. The summed E-state index contributed by atoms with van der Waals surface area (Å²) in [7, 11) is -2.71. The van der Waals surface area contributed by atoms with Gasteiger partial charge in [0.05, 0.1) is 19.3 Å². The number of allylic oxidation sites excluding steroid dienone is 2. The second kappa shape index (κ2) is 15.5. The van der Waals surface area contributed by atoms with Crippen LogP contribution in [0, 0.1) is 17.8 Å². The molecule has 3 unspecified atom stereocenters. The van der Waals surface area contributed by atoms with E-state index in [0.717, 1.165) is 25.7 Å². The van der Waals surface area contributed by atoms with E-state index in [1.54, 1.807) is 0 Å². The standard InChI is InChI=1S/C38H64O5SSi2/c1-28-24-25-38(28,34-22-18-26-44-34)33(43-46(11,12)37(5,6)7)21-17-20-30-29(19-15-13-14-16-23-35(40)41-8)31(39)27-32(30)42-45(9,10)36(2,3)4/h13,15,17-18,20,22,26,28-30,32-33H,14,16,19,21,23-25,27H2,1-12H3/b15-13-,20-17+/t28?,29-,30-,32-,33?,38?/m1/s1. The van der Waals surface area contributed by atoms with E-state index in [2.05, 4.69) is 116 Å². The molecule has 2 aliphatic rings. The van der Waals surface area contributed by atoms with Crippen molar-refractivity contribution in [3.8, 4) is 0 Å². The molecule has 260 valence electrons. The van der Waals surface area contributed by atoms with Gasteiger partial charge in [0.25, 0.3) is 0 Å². The number of methoxy groups -OCH3 is 1. The minimum atomic E-state index is -2.09. The fraction of sp³-hybridized carbons (Fsp3) is 0.737. The van der Waals surface area contributed by atoms with Crippen LogP contribution in [0.3, 0.4) is 0 Å². The highest BCUT2D eigenvalue weighted by atomic mass is 32.1. The molecule has 0 aliphatic heterocycles. The third kappa shape index (κ3) is 9.01. The first-order chi connectivity index (χ1) is 21.3. The van der Waals surface area contributed by atoms with Gasteiger partial charge in [-0.2, -0.15) is 0 Å². The van der Waals surface area contributed by atoms with Crippen LogP contribution in [0.5, 0.6) is 0 Å². The molecule has 2 aliphatic carbocycles. The van der Waals surface area contributed by atoms with Gasteiger partial charge in [0.15, 0.2) is 16.6 Å². The summed E-state index contributed by atoms with van der Waals surface area (Å²) in [5.74, 6) is 0.620. The fourth-order valence-electron chi connectivity index (χ4n) is 6.55. The molecule has 5 nitrogen and oxygen atoms in total. The normalized spacial score (nSPS) is 27.0. The average Bonchev–Trinajstić information content (AvgIpc) is 3.56. The summed E-state index contributed by atoms with van der Waals surface area (Å²) in [6.45, 7) is 25.5. The molecule has 0 amide bonds. The van der Waals surface area contributed by atoms with Gasteiger partial charge in [-0.25, -0.2) is 0 Å². The first-order valence-electron chi connectivity index (χ1n) is 17.6. The molecule has 3 rings (SSSR count). The Balaban J connectivity index is 1.90. The lowest BCUT2D eigenvalue weighted by Gasteiger charge is -2.55. The van der Waals surface area contributed by atoms with E-state index in [-0.39, 0.29) is 45.5 Å².